The molecule has 1 amide bonds. The second-order valence-corrected chi connectivity index (χ2v) is 11.7. The molecule has 1 N–H and O–H groups in total. The van der Waals surface area contributed by atoms with Crippen molar-refractivity contribution in [3.05, 3.63) is 35.2 Å². The van der Waals surface area contributed by atoms with E-state index in [1.165, 1.54) is 61.4 Å². The van der Waals surface area contributed by atoms with Crippen LogP contribution >= 0.6 is 11.8 Å². The molecule has 0 unspecified atom stereocenters. The SMILES string of the molecule is CCc1cccc(CC)c1NC(=O)CSc1nnc(CC23CC4CC(CC(C4)C2)C3)n1CC. The van der Waals surface area contributed by atoms with Gasteiger partial charge in [0.2, 0.25) is 5.91 Å². The molecule has 1 heterocycles. The summed E-state index contributed by atoms with van der Waals surface area (Å²) >= 11 is 1.52. The number of benzene rings is 1. The number of hydrogen-bond donors (Lipinski definition) is 1. The van der Waals surface area contributed by atoms with Gasteiger partial charge in [0.25, 0.3) is 0 Å². The van der Waals surface area contributed by atoms with E-state index in [4.69, 9.17) is 0 Å². The number of rotatable bonds is 9. The van der Waals surface area contributed by atoms with Gasteiger partial charge >= 0.3 is 0 Å². The first-order chi connectivity index (χ1) is 16.0. The van der Waals surface area contributed by atoms with Crippen molar-refractivity contribution in [1.29, 1.82) is 0 Å². The van der Waals surface area contributed by atoms with Gasteiger partial charge in [0.05, 0.1) is 5.75 Å². The summed E-state index contributed by atoms with van der Waals surface area (Å²) in [5, 5.41) is 13.2. The molecule has 33 heavy (non-hydrogen) atoms. The smallest absolute Gasteiger partial charge is 0.234 e. The first kappa shape index (κ1) is 22.9. The van der Waals surface area contributed by atoms with Gasteiger partial charge in [-0.1, -0.05) is 43.8 Å². The highest BCUT2D eigenvalue weighted by molar-refractivity contribution is 7.99. The first-order valence-electron chi connectivity index (χ1n) is 13.0. The number of anilines is 1. The van der Waals surface area contributed by atoms with Gasteiger partial charge in [-0.05, 0) is 92.6 Å². The molecule has 2 aromatic rings. The molecule has 4 aliphatic carbocycles. The van der Waals surface area contributed by atoms with Crippen LogP contribution < -0.4 is 5.32 Å². The summed E-state index contributed by atoms with van der Waals surface area (Å²) in [5.74, 6) is 4.37. The Labute approximate surface area is 202 Å². The molecule has 6 rings (SSSR count). The fourth-order valence-electron chi connectivity index (χ4n) is 7.42. The van der Waals surface area contributed by atoms with Gasteiger partial charge in [-0.15, -0.1) is 10.2 Å². The van der Waals surface area contributed by atoms with Crippen LogP contribution in [0.1, 0.15) is 76.2 Å². The molecule has 1 aromatic heterocycles. The van der Waals surface area contributed by atoms with Crippen LogP contribution in [0.2, 0.25) is 0 Å². The minimum absolute atomic E-state index is 0.0314. The summed E-state index contributed by atoms with van der Waals surface area (Å²) in [6, 6.07) is 6.29. The quantitative estimate of drug-likeness (QED) is 0.467. The largest absolute Gasteiger partial charge is 0.325 e. The molecule has 178 valence electrons. The molecule has 5 nitrogen and oxygen atoms in total. The van der Waals surface area contributed by atoms with Crippen molar-refractivity contribution >= 4 is 23.4 Å². The van der Waals surface area contributed by atoms with Crippen molar-refractivity contribution in [2.75, 3.05) is 11.1 Å². The van der Waals surface area contributed by atoms with E-state index in [1.54, 1.807) is 0 Å². The minimum Gasteiger partial charge on any atom is -0.325 e. The first-order valence-corrected chi connectivity index (χ1v) is 14.0. The molecule has 0 saturated heterocycles. The monoisotopic (exact) mass is 466 g/mol. The fourth-order valence-corrected chi connectivity index (χ4v) is 8.25. The van der Waals surface area contributed by atoms with Crippen LogP contribution in [0.25, 0.3) is 0 Å². The lowest BCUT2D eigenvalue weighted by Crippen LogP contribution is -2.47. The van der Waals surface area contributed by atoms with E-state index in [0.717, 1.165) is 60.2 Å². The van der Waals surface area contributed by atoms with Crippen molar-refractivity contribution in [3.8, 4) is 0 Å². The molecule has 0 radical (unpaired) electrons. The number of aryl methyl sites for hydroxylation is 2. The molecule has 4 aliphatic rings. The van der Waals surface area contributed by atoms with Gasteiger partial charge in [-0.25, -0.2) is 0 Å². The summed E-state index contributed by atoms with van der Waals surface area (Å²) in [6.45, 7) is 7.29. The lowest BCUT2D eigenvalue weighted by Gasteiger charge is -2.56. The number of hydrogen-bond acceptors (Lipinski definition) is 4. The third kappa shape index (κ3) is 4.60. The van der Waals surface area contributed by atoms with Gasteiger partial charge in [0, 0.05) is 18.7 Å². The topological polar surface area (TPSA) is 59.8 Å². The van der Waals surface area contributed by atoms with E-state index in [1.807, 2.05) is 0 Å². The van der Waals surface area contributed by atoms with Crippen LogP contribution in [0.5, 0.6) is 0 Å². The second kappa shape index (κ2) is 9.44. The van der Waals surface area contributed by atoms with E-state index in [2.05, 4.69) is 59.1 Å². The van der Waals surface area contributed by atoms with Gasteiger partial charge in [0.15, 0.2) is 5.16 Å². The van der Waals surface area contributed by atoms with Gasteiger partial charge < -0.3 is 9.88 Å². The van der Waals surface area contributed by atoms with Crippen LogP contribution in [0.4, 0.5) is 5.69 Å². The Balaban J connectivity index is 1.25. The Kier molecular flexibility index (Phi) is 6.56. The molecular weight excluding hydrogens is 428 g/mol. The standard InChI is InChI=1S/C27H38N4OS/c1-4-21-8-7-9-22(5-2)25(21)28-24(32)17-33-26-30-29-23(31(26)6-3)16-27-13-18-10-19(14-27)12-20(11-18)15-27/h7-9,18-20H,4-6,10-17H2,1-3H3,(H,28,32). The van der Waals surface area contributed by atoms with Gasteiger partial charge in [-0.3, -0.25) is 4.79 Å². The summed E-state index contributed by atoms with van der Waals surface area (Å²) in [6.07, 6.45) is 11.5. The van der Waals surface area contributed by atoms with E-state index in [0.29, 0.717) is 11.2 Å². The Morgan fingerprint density at radius 2 is 1.64 bits per heavy atom. The molecule has 1 aromatic carbocycles. The third-order valence-corrected chi connectivity index (χ3v) is 9.37. The van der Waals surface area contributed by atoms with Crippen molar-refractivity contribution in [1.82, 2.24) is 14.8 Å². The number of carbonyl (C=O) groups excluding carboxylic acids is 1. The molecule has 6 heteroatoms. The highest BCUT2D eigenvalue weighted by atomic mass is 32.2. The number of nitrogens with one attached hydrogen (secondary N) is 1. The minimum atomic E-state index is 0.0314. The van der Waals surface area contributed by atoms with Crippen LogP contribution in [-0.2, 0) is 30.6 Å². The van der Waals surface area contributed by atoms with Crippen LogP contribution in [-0.4, -0.2) is 26.4 Å². The highest BCUT2D eigenvalue weighted by Gasteiger charge is 2.51. The van der Waals surface area contributed by atoms with Gasteiger partial charge in [-0.2, -0.15) is 0 Å². The van der Waals surface area contributed by atoms with E-state index in [9.17, 15) is 4.79 Å². The average molecular weight is 467 g/mol. The van der Waals surface area contributed by atoms with Crippen molar-refractivity contribution in [2.24, 2.45) is 23.2 Å². The predicted octanol–water partition coefficient (Wildman–Crippen LogP) is 5.91. The molecule has 4 fully saturated rings. The number of carbonyl (C=O) groups is 1. The molecular formula is C27H38N4OS. The average Bonchev–Trinajstić information content (AvgIpc) is 3.17. The number of nitrogens with zero attached hydrogens (tertiary/aromatic N) is 3. The maximum Gasteiger partial charge on any atom is 0.234 e. The van der Waals surface area contributed by atoms with Crippen LogP contribution in [0, 0.1) is 23.2 Å². The van der Waals surface area contributed by atoms with E-state index < -0.39 is 0 Å². The lowest BCUT2D eigenvalue weighted by molar-refractivity contribution is -0.113. The number of aromatic nitrogens is 3. The second-order valence-electron chi connectivity index (χ2n) is 10.7. The zero-order chi connectivity index (χ0) is 23.0. The summed E-state index contributed by atoms with van der Waals surface area (Å²) < 4.78 is 2.26. The number of thioether (sulfide) groups is 1. The maximum atomic E-state index is 12.8. The van der Waals surface area contributed by atoms with Crippen molar-refractivity contribution < 1.29 is 4.79 Å². The normalized spacial score (nSPS) is 27.8. The fraction of sp³-hybridized carbons (Fsp3) is 0.667. The van der Waals surface area contributed by atoms with Crippen LogP contribution in [0.3, 0.4) is 0 Å². The molecule has 0 aliphatic heterocycles. The third-order valence-electron chi connectivity index (χ3n) is 8.40. The zero-order valence-electron chi connectivity index (χ0n) is 20.4. The van der Waals surface area contributed by atoms with Crippen molar-refractivity contribution in [3.63, 3.8) is 0 Å². The maximum absolute atomic E-state index is 12.8. The summed E-state index contributed by atoms with van der Waals surface area (Å²) in [5.41, 5.74) is 3.84. The summed E-state index contributed by atoms with van der Waals surface area (Å²) in [4.78, 5) is 12.8. The van der Waals surface area contributed by atoms with Crippen LogP contribution in [0.15, 0.2) is 23.4 Å². The Morgan fingerprint density at radius 1 is 1.03 bits per heavy atom. The van der Waals surface area contributed by atoms with Crippen molar-refractivity contribution in [2.45, 2.75) is 90.3 Å². The number of amides is 1. The van der Waals surface area contributed by atoms with Gasteiger partial charge in [0.1, 0.15) is 5.82 Å². The lowest BCUT2D eigenvalue weighted by atomic mass is 9.49. The Bertz CT molecular complexity index is 956. The molecule has 0 spiro atoms. The summed E-state index contributed by atoms with van der Waals surface area (Å²) in [7, 11) is 0. The highest BCUT2D eigenvalue weighted by Crippen LogP contribution is 2.61. The van der Waals surface area contributed by atoms with E-state index >= 15 is 0 Å². The Morgan fingerprint density at radius 3 is 2.18 bits per heavy atom. The molecule has 4 saturated carbocycles. The predicted molar refractivity (Wildman–Crippen MR) is 135 cm³/mol. The molecule has 4 bridgehead atoms. The Hall–Kier alpha value is -1.82. The number of para-hydroxylation sites is 1. The zero-order valence-corrected chi connectivity index (χ0v) is 21.2. The molecule has 0 atom stereocenters. The van der Waals surface area contributed by atoms with E-state index in [-0.39, 0.29) is 5.91 Å².